The maximum absolute atomic E-state index is 14.2. The molecule has 0 bridgehead atoms. The minimum atomic E-state index is -2.66. The molecule has 1 unspecified atom stereocenters. The lowest BCUT2D eigenvalue weighted by Crippen LogP contribution is -2.48. The Morgan fingerprint density at radius 3 is 1.60 bits per heavy atom. The van der Waals surface area contributed by atoms with Crippen LogP contribution in [0.1, 0.15) is 42.7 Å². The van der Waals surface area contributed by atoms with Crippen molar-refractivity contribution < 1.29 is 9.59 Å². The molecule has 1 N–H and O–H groups in total. The first kappa shape index (κ1) is 32.0. The first-order valence-corrected chi connectivity index (χ1v) is 16.9. The number of hydrogen-bond acceptors (Lipinski definition) is 3. The van der Waals surface area contributed by atoms with Gasteiger partial charge in [0.15, 0.2) is 0 Å². The van der Waals surface area contributed by atoms with Gasteiger partial charge in [-0.05, 0) is 51.1 Å². The number of rotatable bonds is 8. The molecule has 45 heavy (non-hydrogen) atoms. The van der Waals surface area contributed by atoms with E-state index in [-0.39, 0.29) is 11.8 Å². The summed E-state index contributed by atoms with van der Waals surface area (Å²) in [5.41, 5.74) is 1.19. The third-order valence-electron chi connectivity index (χ3n) is 7.42. The van der Waals surface area contributed by atoms with Crippen molar-refractivity contribution in [2.45, 2.75) is 32.4 Å². The zero-order valence-corrected chi connectivity index (χ0v) is 27.5. The lowest BCUT2D eigenvalue weighted by Gasteiger charge is -2.33. The van der Waals surface area contributed by atoms with Crippen LogP contribution < -0.4 is 21.2 Å². The second kappa shape index (κ2) is 13.7. The van der Waals surface area contributed by atoms with E-state index in [1.807, 2.05) is 99.6 Å². The standard InChI is InChI=1S/C38H37ClN3O2P/c1-38(2,3)40-36(43)35(42(4)37(44)28-24-26-29(39)27-25-28)33-22-14-15-23-34(33)41-45(30-16-8-5-9-17-30,31-18-10-6-11-19-31)32-20-12-7-13-21-32/h5-27,35H,1-4H3,(H,40,43). The normalized spacial score (nSPS) is 12.2. The van der Waals surface area contributed by atoms with E-state index in [9.17, 15) is 9.59 Å². The molecule has 0 aromatic heterocycles. The van der Waals surface area contributed by atoms with Gasteiger partial charge < -0.3 is 10.2 Å². The van der Waals surface area contributed by atoms with Crippen LogP contribution in [-0.4, -0.2) is 29.3 Å². The summed E-state index contributed by atoms with van der Waals surface area (Å²) in [5, 5.41) is 6.89. The zero-order valence-electron chi connectivity index (χ0n) is 25.9. The highest BCUT2D eigenvalue weighted by Crippen LogP contribution is 2.50. The molecule has 0 radical (unpaired) electrons. The van der Waals surface area contributed by atoms with Crippen LogP contribution in [0.4, 0.5) is 5.69 Å². The third kappa shape index (κ3) is 7.12. The molecule has 5 rings (SSSR count). The molecule has 7 heteroatoms. The molecular formula is C38H37ClN3O2P. The van der Waals surface area contributed by atoms with Gasteiger partial charge in [0.1, 0.15) is 6.04 Å². The summed E-state index contributed by atoms with van der Waals surface area (Å²) in [6, 6.07) is 44.4. The predicted octanol–water partition coefficient (Wildman–Crippen LogP) is 7.88. The Morgan fingerprint density at radius 1 is 0.689 bits per heavy atom. The topological polar surface area (TPSA) is 61.8 Å². The SMILES string of the molecule is CN(C(=O)c1ccc(Cl)cc1)C(C(=O)NC(C)(C)C)c1ccccc1N=P(c1ccccc1)(c1ccccc1)c1ccccc1. The Bertz CT molecular complexity index is 1720. The predicted molar refractivity (Wildman–Crippen MR) is 188 cm³/mol. The van der Waals surface area contributed by atoms with Crippen LogP contribution in [0, 0.1) is 0 Å². The van der Waals surface area contributed by atoms with Gasteiger partial charge in [-0.3, -0.25) is 14.3 Å². The fourth-order valence-corrected chi connectivity index (χ4v) is 9.08. The van der Waals surface area contributed by atoms with Crippen molar-refractivity contribution in [2.24, 2.45) is 4.74 Å². The monoisotopic (exact) mass is 633 g/mol. The molecule has 0 aliphatic rings. The van der Waals surface area contributed by atoms with Gasteiger partial charge in [-0.2, -0.15) is 0 Å². The molecule has 0 heterocycles. The van der Waals surface area contributed by atoms with E-state index in [0.29, 0.717) is 21.8 Å². The van der Waals surface area contributed by atoms with Gasteiger partial charge in [-0.1, -0.05) is 121 Å². The second-order valence-corrected chi connectivity index (χ2v) is 15.3. The summed E-state index contributed by atoms with van der Waals surface area (Å²) in [6.07, 6.45) is 0. The molecule has 0 aliphatic heterocycles. The van der Waals surface area contributed by atoms with Crippen molar-refractivity contribution in [1.82, 2.24) is 10.2 Å². The summed E-state index contributed by atoms with van der Waals surface area (Å²) in [4.78, 5) is 29.5. The van der Waals surface area contributed by atoms with Crippen LogP contribution in [0.3, 0.4) is 0 Å². The molecule has 0 fully saturated rings. The van der Waals surface area contributed by atoms with Crippen molar-refractivity contribution in [2.75, 3.05) is 7.05 Å². The van der Waals surface area contributed by atoms with Gasteiger partial charge in [0.05, 0.1) is 12.7 Å². The quantitative estimate of drug-likeness (QED) is 0.177. The average molecular weight is 634 g/mol. The number of nitrogens with zero attached hydrogens (tertiary/aromatic N) is 2. The number of benzene rings is 5. The Balaban J connectivity index is 1.79. The number of nitrogens with one attached hydrogen (secondary N) is 1. The lowest BCUT2D eigenvalue weighted by molar-refractivity contribution is -0.127. The van der Waals surface area contributed by atoms with E-state index in [4.69, 9.17) is 16.3 Å². The Kier molecular flexibility index (Phi) is 9.72. The van der Waals surface area contributed by atoms with Crippen LogP contribution >= 0.6 is 18.7 Å². The zero-order chi connectivity index (χ0) is 32.0. The lowest BCUT2D eigenvalue weighted by atomic mass is 10.00. The molecule has 5 nitrogen and oxygen atoms in total. The van der Waals surface area contributed by atoms with E-state index >= 15 is 0 Å². The van der Waals surface area contributed by atoms with E-state index in [1.54, 1.807) is 31.3 Å². The average Bonchev–Trinajstić information content (AvgIpc) is 3.05. The molecule has 228 valence electrons. The summed E-state index contributed by atoms with van der Waals surface area (Å²) in [6.45, 7) is 5.78. The number of likely N-dealkylation sites (N-methyl/N-ethyl adjacent to an activating group) is 1. The number of hydrogen-bond donors (Lipinski definition) is 1. The van der Waals surface area contributed by atoms with Gasteiger partial charge in [0.2, 0.25) is 5.91 Å². The van der Waals surface area contributed by atoms with Gasteiger partial charge in [-0.25, -0.2) is 0 Å². The number of halogens is 1. The molecule has 0 saturated heterocycles. The highest BCUT2D eigenvalue weighted by molar-refractivity contribution is 7.87. The fourth-order valence-electron chi connectivity index (χ4n) is 5.40. The second-order valence-electron chi connectivity index (χ2n) is 11.9. The van der Waals surface area contributed by atoms with Gasteiger partial charge in [0.25, 0.3) is 5.91 Å². The van der Waals surface area contributed by atoms with Crippen molar-refractivity contribution in [3.63, 3.8) is 0 Å². The first-order chi connectivity index (χ1) is 21.6. The Morgan fingerprint density at radius 2 is 1.13 bits per heavy atom. The molecule has 0 aliphatic carbocycles. The minimum Gasteiger partial charge on any atom is -0.349 e. The number of carbonyl (C=O) groups excluding carboxylic acids is 2. The largest absolute Gasteiger partial charge is 0.349 e. The van der Waals surface area contributed by atoms with Gasteiger partial charge >= 0.3 is 0 Å². The smallest absolute Gasteiger partial charge is 0.254 e. The van der Waals surface area contributed by atoms with Crippen LogP contribution in [0.5, 0.6) is 0 Å². The summed E-state index contributed by atoms with van der Waals surface area (Å²) in [7, 11) is -0.994. The van der Waals surface area contributed by atoms with E-state index < -0.39 is 18.6 Å². The summed E-state index contributed by atoms with van der Waals surface area (Å²) < 4.78 is 5.70. The van der Waals surface area contributed by atoms with Crippen LogP contribution in [0.25, 0.3) is 0 Å². The van der Waals surface area contributed by atoms with E-state index in [2.05, 4.69) is 41.7 Å². The Labute approximate surface area is 271 Å². The third-order valence-corrected chi connectivity index (χ3v) is 11.3. The van der Waals surface area contributed by atoms with Crippen LogP contribution in [0.15, 0.2) is 144 Å². The number of amides is 2. The molecule has 1 atom stereocenters. The van der Waals surface area contributed by atoms with E-state index in [1.165, 1.54) is 4.90 Å². The number of carbonyl (C=O) groups is 2. The maximum atomic E-state index is 14.2. The van der Waals surface area contributed by atoms with Crippen molar-refractivity contribution in [3.05, 3.63) is 156 Å². The molecule has 2 amide bonds. The summed E-state index contributed by atoms with van der Waals surface area (Å²) >= 11 is 6.11. The highest BCUT2D eigenvalue weighted by atomic mass is 35.5. The fraction of sp³-hybridized carbons (Fsp3) is 0.158. The van der Waals surface area contributed by atoms with Crippen molar-refractivity contribution in [3.8, 4) is 0 Å². The van der Waals surface area contributed by atoms with Crippen molar-refractivity contribution in [1.29, 1.82) is 0 Å². The molecule has 5 aromatic carbocycles. The van der Waals surface area contributed by atoms with Gasteiger partial charge in [-0.15, -0.1) is 0 Å². The molecule has 0 saturated carbocycles. The molecule has 0 spiro atoms. The van der Waals surface area contributed by atoms with E-state index in [0.717, 1.165) is 15.9 Å². The van der Waals surface area contributed by atoms with Crippen LogP contribution in [0.2, 0.25) is 5.02 Å². The minimum absolute atomic E-state index is 0.293. The Hall–Kier alpha value is -4.44. The van der Waals surface area contributed by atoms with Crippen molar-refractivity contribution >= 4 is 52.1 Å². The molecule has 5 aromatic rings. The van der Waals surface area contributed by atoms with Crippen LogP contribution in [-0.2, 0) is 4.79 Å². The van der Waals surface area contributed by atoms with Gasteiger partial charge in [0, 0.05) is 44.6 Å². The first-order valence-electron chi connectivity index (χ1n) is 14.8. The highest BCUT2D eigenvalue weighted by Gasteiger charge is 2.34. The summed E-state index contributed by atoms with van der Waals surface area (Å²) in [5.74, 6) is -0.594. The molecular weight excluding hydrogens is 597 g/mol. The maximum Gasteiger partial charge on any atom is 0.254 e.